The maximum absolute atomic E-state index is 10.3. The van der Waals surface area contributed by atoms with Crippen molar-refractivity contribution in [3.8, 4) is 11.5 Å². The van der Waals surface area contributed by atoms with Gasteiger partial charge < -0.3 is 29.5 Å². The predicted molar refractivity (Wildman–Crippen MR) is 88.0 cm³/mol. The molecule has 0 amide bonds. The molecule has 142 valence electrons. The van der Waals surface area contributed by atoms with Crippen molar-refractivity contribution in [3.63, 3.8) is 0 Å². The molecule has 28 heavy (non-hydrogen) atoms. The third-order valence-corrected chi connectivity index (χ3v) is 3.27. The Labute approximate surface area is 249 Å². The Morgan fingerprint density at radius 1 is 0.679 bits per heavy atom. The topological polar surface area (TPSA) is 195 Å². The van der Waals surface area contributed by atoms with E-state index in [0.717, 1.165) is 0 Å². The fourth-order valence-electron chi connectivity index (χ4n) is 1.31. The third-order valence-electron chi connectivity index (χ3n) is 2.38. The molecule has 0 aliphatic rings. The minimum atomic E-state index is -2.95. The summed E-state index contributed by atoms with van der Waals surface area (Å²) in [5.74, 6) is -2.62. The number of hydrogen-bond acceptors (Lipinski definition) is 8. The van der Waals surface area contributed by atoms with E-state index in [-0.39, 0.29) is 125 Å². The van der Waals surface area contributed by atoms with Crippen LogP contribution >= 0.6 is 0 Å². The van der Waals surface area contributed by atoms with Gasteiger partial charge in [0, 0.05) is 20.2 Å². The molecule has 0 saturated heterocycles. The van der Waals surface area contributed by atoms with E-state index in [1.54, 1.807) is 24.3 Å². The van der Waals surface area contributed by atoms with Gasteiger partial charge in [-0.1, -0.05) is 24.3 Å². The zero-order chi connectivity index (χ0) is 20.3. The molecule has 0 saturated carbocycles. The van der Waals surface area contributed by atoms with E-state index in [9.17, 15) is 9.59 Å². The van der Waals surface area contributed by atoms with Crippen molar-refractivity contribution in [3.05, 3.63) is 59.7 Å². The number of rotatable bonds is 3. The van der Waals surface area contributed by atoms with Crippen molar-refractivity contribution in [2.45, 2.75) is 0 Å². The number of carboxylic acids is 2. The molecule has 0 spiro atoms. The minimum absolute atomic E-state index is 0. The maximum Gasteiger partial charge on any atom is 1.00 e. The summed E-state index contributed by atoms with van der Waals surface area (Å²) in [4.78, 5) is 20.5. The molecule has 2 aromatic carbocycles. The van der Waals surface area contributed by atoms with Gasteiger partial charge in [-0.3, -0.25) is 8.42 Å². The van der Waals surface area contributed by atoms with Gasteiger partial charge in [-0.25, -0.2) is 9.59 Å². The van der Waals surface area contributed by atoms with Gasteiger partial charge in [0.25, 0.3) is 0 Å². The Morgan fingerprint density at radius 3 is 1.07 bits per heavy atom. The first-order chi connectivity index (χ1) is 12.1. The van der Waals surface area contributed by atoms with E-state index < -0.39 is 32.2 Å². The van der Waals surface area contributed by atoms with E-state index in [2.05, 4.69) is 0 Å². The molecule has 0 bridgehead atoms. The summed E-state index contributed by atoms with van der Waals surface area (Å²) in [5, 5.41) is 34.6. The standard InChI is InChI=1S/2C7H6O3.2K.H2O4S2/c2*8-6-4-2-1-3-5(6)7(9)10;;;1-5(2)6(3)4/h2*1-4,8H,(H,9,10);;;(H,1,2)(H,3,4)/q;;2*+1;/p-2. The second-order valence-corrected chi connectivity index (χ2v) is 6.50. The van der Waals surface area contributed by atoms with Crippen LogP contribution < -0.4 is 103 Å². The molecular weight excluding hydrogens is 470 g/mol. The number of benzene rings is 2. The molecule has 2 rings (SSSR count). The summed E-state index contributed by atoms with van der Waals surface area (Å²) in [6.07, 6.45) is 0. The third kappa shape index (κ3) is 14.5. The minimum Gasteiger partial charge on any atom is -0.763 e. The molecule has 0 aliphatic carbocycles. The first kappa shape index (κ1) is 33.1. The van der Waals surface area contributed by atoms with Gasteiger partial charge >= 0.3 is 115 Å². The van der Waals surface area contributed by atoms with Gasteiger partial charge in [0.15, 0.2) is 0 Å². The smallest absolute Gasteiger partial charge is 0.763 e. The molecular formula is C14H12K2O10S2. The van der Waals surface area contributed by atoms with Gasteiger partial charge in [-0.05, 0) is 24.3 Å². The average Bonchev–Trinajstić information content (AvgIpc) is 2.56. The molecule has 0 heterocycles. The van der Waals surface area contributed by atoms with Crippen LogP contribution in [0, 0.1) is 0 Å². The van der Waals surface area contributed by atoms with E-state index in [4.69, 9.17) is 37.9 Å². The normalized spacial score (nSPS) is 10.8. The fraction of sp³-hybridized carbons (Fsp3) is 0. The van der Waals surface area contributed by atoms with Crippen molar-refractivity contribution in [1.29, 1.82) is 0 Å². The number of aromatic carboxylic acids is 2. The van der Waals surface area contributed by atoms with Gasteiger partial charge in [0.1, 0.15) is 22.6 Å². The van der Waals surface area contributed by atoms with Gasteiger partial charge in [0.2, 0.25) is 0 Å². The molecule has 14 heteroatoms. The molecule has 0 radical (unpaired) electrons. The van der Waals surface area contributed by atoms with E-state index in [0.29, 0.717) is 0 Å². The molecule has 0 aliphatic heterocycles. The van der Waals surface area contributed by atoms with Crippen molar-refractivity contribution in [2.24, 2.45) is 0 Å². The first-order valence-corrected chi connectivity index (χ1v) is 8.96. The van der Waals surface area contributed by atoms with E-state index in [1.165, 1.54) is 24.3 Å². The van der Waals surface area contributed by atoms with Crippen LogP contribution in [0.15, 0.2) is 48.5 Å². The van der Waals surface area contributed by atoms with E-state index >= 15 is 0 Å². The Hall–Kier alpha value is 0.473. The van der Waals surface area contributed by atoms with Crippen molar-refractivity contribution < 1.29 is 150 Å². The van der Waals surface area contributed by atoms with Crippen LogP contribution in [0.3, 0.4) is 0 Å². The summed E-state index contributed by atoms with van der Waals surface area (Å²) in [5.41, 5.74) is -0.134. The molecule has 2 aromatic rings. The average molecular weight is 483 g/mol. The van der Waals surface area contributed by atoms with Crippen molar-refractivity contribution in [2.75, 3.05) is 0 Å². The predicted octanol–water partition coefficient (Wildman–Crippen LogP) is -5.15. The van der Waals surface area contributed by atoms with Gasteiger partial charge in [-0.15, -0.1) is 0 Å². The second-order valence-electron chi connectivity index (χ2n) is 4.05. The summed E-state index contributed by atoms with van der Waals surface area (Å²) in [6, 6.07) is 11.6. The molecule has 10 nitrogen and oxygen atoms in total. The molecule has 0 aromatic heterocycles. The second kappa shape index (κ2) is 18.3. The van der Waals surface area contributed by atoms with Crippen LogP contribution in [0.25, 0.3) is 0 Å². The number of carbonyl (C=O) groups is 2. The Morgan fingerprint density at radius 2 is 0.929 bits per heavy atom. The molecule has 2 unspecified atom stereocenters. The van der Waals surface area contributed by atoms with Crippen LogP contribution in [0.4, 0.5) is 0 Å². The summed E-state index contributed by atoms with van der Waals surface area (Å²) < 4.78 is 36.3. The fourth-order valence-corrected chi connectivity index (χ4v) is 1.31. The Bertz CT molecular complexity index is 749. The first-order valence-electron chi connectivity index (χ1n) is 6.29. The summed E-state index contributed by atoms with van der Waals surface area (Å²) in [7, 11) is -5.90. The number of para-hydroxylation sites is 2. The van der Waals surface area contributed by atoms with E-state index in [1.807, 2.05) is 0 Å². The van der Waals surface area contributed by atoms with Crippen LogP contribution in [0.5, 0.6) is 11.5 Å². The van der Waals surface area contributed by atoms with Crippen LogP contribution in [-0.4, -0.2) is 49.9 Å². The SMILES string of the molecule is O=C(O)c1ccccc1O.O=C(O)c1ccccc1O.O=S([O-])S(=O)[O-].[K+].[K+]. The van der Waals surface area contributed by atoms with Crippen LogP contribution in [0.2, 0.25) is 0 Å². The zero-order valence-corrected chi connectivity index (χ0v) is 22.6. The van der Waals surface area contributed by atoms with Crippen LogP contribution in [-0.2, 0) is 20.2 Å². The van der Waals surface area contributed by atoms with Crippen molar-refractivity contribution >= 4 is 32.2 Å². The Kier molecular flexibility index (Phi) is 21.6. The summed E-state index contributed by atoms with van der Waals surface area (Å²) in [6.45, 7) is 0. The quantitative estimate of drug-likeness (QED) is 0.186. The zero-order valence-electron chi connectivity index (χ0n) is 14.7. The maximum atomic E-state index is 10.3. The molecule has 0 fully saturated rings. The monoisotopic (exact) mass is 482 g/mol. The number of hydrogen-bond donors (Lipinski definition) is 4. The molecule has 4 N–H and O–H groups in total. The number of carboxylic acid groups (broad SMARTS) is 2. The number of aromatic hydroxyl groups is 2. The summed E-state index contributed by atoms with van der Waals surface area (Å²) >= 11 is 0. The number of phenols is 2. The van der Waals surface area contributed by atoms with Crippen LogP contribution in [0.1, 0.15) is 20.7 Å². The largest absolute Gasteiger partial charge is 1.00 e. The molecule has 2 atom stereocenters. The van der Waals surface area contributed by atoms with Crippen molar-refractivity contribution in [1.82, 2.24) is 0 Å². The Balaban J connectivity index is -0.000000335. The van der Waals surface area contributed by atoms with Gasteiger partial charge in [0.05, 0.1) is 0 Å². The van der Waals surface area contributed by atoms with Gasteiger partial charge in [-0.2, -0.15) is 0 Å².